The summed E-state index contributed by atoms with van der Waals surface area (Å²) in [6.07, 6.45) is -2.13. The van der Waals surface area contributed by atoms with Crippen molar-refractivity contribution in [3.05, 3.63) is 22.2 Å². The Morgan fingerprint density at radius 2 is 2.20 bits per heavy atom. The van der Waals surface area contributed by atoms with E-state index in [1.807, 2.05) is 0 Å². The number of rotatable bonds is 2. The number of aliphatic hydroxyl groups is 3. The number of hydrogen-bond acceptors (Lipinski definition) is 7. The molecule has 9 heteroatoms. The van der Waals surface area contributed by atoms with Gasteiger partial charge < -0.3 is 25.4 Å². The molecular formula is C11H16ClN3O5. The van der Waals surface area contributed by atoms with Crippen LogP contribution < -0.4 is 11.0 Å². The zero-order valence-electron chi connectivity index (χ0n) is 10.5. The van der Waals surface area contributed by atoms with Crippen molar-refractivity contribution in [1.29, 1.82) is 0 Å². The van der Waals surface area contributed by atoms with E-state index in [0.29, 0.717) is 12.4 Å². The number of aromatic nitrogens is 2. The standard InChI is InChI=1S/C11H15N3O5.ClH/c15-4-6-7(16)8(17)10(19-6)14-3-5-1-2-12-9(5)13-11(14)18;/h3,6-8,10,15-17H,1-2,4H2,(H,12,13,18);1H/t6-,7-,8+,10-;/m1./s1. The molecule has 0 unspecified atom stereocenters. The van der Waals surface area contributed by atoms with Crippen molar-refractivity contribution in [3.8, 4) is 0 Å². The second-order valence-corrected chi connectivity index (χ2v) is 4.71. The van der Waals surface area contributed by atoms with Gasteiger partial charge in [-0.2, -0.15) is 4.98 Å². The Morgan fingerprint density at radius 3 is 2.85 bits per heavy atom. The molecule has 0 aromatic carbocycles. The number of nitrogens with one attached hydrogen (secondary N) is 1. The molecule has 4 atom stereocenters. The van der Waals surface area contributed by atoms with Crippen molar-refractivity contribution in [2.24, 2.45) is 0 Å². The molecule has 20 heavy (non-hydrogen) atoms. The van der Waals surface area contributed by atoms with Gasteiger partial charge in [0.05, 0.1) is 6.61 Å². The number of hydrogen-bond donors (Lipinski definition) is 4. The van der Waals surface area contributed by atoms with Crippen molar-refractivity contribution in [3.63, 3.8) is 0 Å². The summed E-state index contributed by atoms with van der Waals surface area (Å²) in [6.45, 7) is 0.283. The minimum Gasteiger partial charge on any atom is -0.394 e. The van der Waals surface area contributed by atoms with Gasteiger partial charge in [0.15, 0.2) is 6.23 Å². The number of nitrogens with zero attached hydrogens (tertiary/aromatic N) is 2. The van der Waals surface area contributed by atoms with E-state index in [-0.39, 0.29) is 12.4 Å². The molecule has 0 amide bonds. The average Bonchev–Trinajstić information content (AvgIpc) is 2.95. The Kier molecular flexibility index (Phi) is 4.31. The summed E-state index contributed by atoms with van der Waals surface area (Å²) in [5, 5.41) is 31.6. The molecule has 0 radical (unpaired) electrons. The zero-order valence-corrected chi connectivity index (χ0v) is 11.3. The molecule has 0 spiro atoms. The van der Waals surface area contributed by atoms with Gasteiger partial charge in [0.2, 0.25) is 0 Å². The average molecular weight is 306 g/mol. The molecular weight excluding hydrogens is 290 g/mol. The van der Waals surface area contributed by atoms with Crippen LogP contribution in [0, 0.1) is 0 Å². The van der Waals surface area contributed by atoms with Crippen molar-refractivity contribution >= 4 is 18.2 Å². The van der Waals surface area contributed by atoms with Crippen LogP contribution in [-0.2, 0) is 11.2 Å². The Morgan fingerprint density at radius 1 is 1.45 bits per heavy atom. The van der Waals surface area contributed by atoms with Gasteiger partial charge >= 0.3 is 5.69 Å². The fraction of sp³-hybridized carbons (Fsp3) is 0.636. The lowest BCUT2D eigenvalue weighted by atomic mass is 10.1. The molecule has 3 rings (SSSR count). The normalized spacial score (nSPS) is 31.6. The van der Waals surface area contributed by atoms with E-state index in [1.54, 1.807) is 6.20 Å². The minimum absolute atomic E-state index is 0. The number of ether oxygens (including phenoxy) is 1. The van der Waals surface area contributed by atoms with Gasteiger partial charge in [-0.3, -0.25) is 4.57 Å². The summed E-state index contributed by atoms with van der Waals surface area (Å²) in [6, 6.07) is 0. The van der Waals surface area contributed by atoms with Crippen LogP contribution in [0.1, 0.15) is 11.8 Å². The van der Waals surface area contributed by atoms with Crippen LogP contribution in [0.25, 0.3) is 0 Å². The van der Waals surface area contributed by atoms with E-state index in [1.165, 1.54) is 0 Å². The summed E-state index contributed by atoms with van der Waals surface area (Å²) in [5.74, 6) is 0.549. The highest BCUT2D eigenvalue weighted by atomic mass is 35.5. The number of fused-ring (bicyclic) bond motifs is 1. The second kappa shape index (κ2) is 5.66. The van der Waals surface area contributed by atoms with E-state index in [0.717, 1.165) is 16.6 Å². The van der Waals surface area contributed by atoms with Crippen molar-refractivity contribution in [1.82, 2.24) is 9.55 Å². The molecule has 0 saturated carbocycles. The molecule has 3 heterocycles. The lowest BCUT2D eigenvalue weighted by molar-refractivity contribution is -0.0550. The first-order valence-corrected chi connectivity index (χ1v) is 6.10. The lowest BCUT2D eigenvalue weighted by Gasteiger charge is -2.17. The Hall–Kier alpha value is -1.19. The molecule has 4 N–H and O–H groups in total. The summed E-state index contributed by atoms with van der Waals surface area (Å²) in [4.78, 5) is 15.8. The van der Waals surface area contributed by atoms with E-state index >= 15 is 0 Å². The van der Waals surface area contributed by atoms with Crippen LogP contribution in [-0.4, -0.2) is 56.3 Å². The fourth-order valence-electron chi connectivity index (χ4n) is 2.45. The topological polar surface area (TPSA) is 117 Å². The first kappa shape index (κ1) is 15.2. The van der Waals surface area contributed by atoms with Gasteiger partial charge in [-0.05, 0) is 6.42 Å². The molecule has 2 aliphatic heterocycles. The van der Waals surface area contributed by atoms with Gasteiger partial charge in [-0.1, -0.05) is 0 Å². The third kappa shape index (κ3) is 2.29. The summed E-state index contributed by atoms with van der Waals surface area (Å²) < 4.78 is 6.48. The maximum Gasteiger partial charge on any atom is 0.351 e. The van der Waals surface area contributed by atoms with Crippen LogP contribution in [0.15, 0.2) is 11.0 Å². The summed E-state index contributed by atoms with van der Waals surface area (Å²) in [7, 11) is 0. The highest BCUT2D eigenvalue weighted by molar-refractivity contribution is 5.85. The van der Waals surface area contributed by atoms with Gasteiger partial charge in [-0.15, -0.1) is 12.4 Å². The SMILES string of the molecule is Cl.O=c1nc2c(cn1[C@@H]1O[C@H](CO)[C@@H](O)[C@@H]1O)CCN2. The number of halogens is 1. The smallest absolute Gasteiger partial charge is 0.351 e. The molecule has 112 valence electrons. The third-order valence-corrected chi connectivity index (χ3v) is 3.51. The Labute approximate surface area is 120 Å². The van der Waals surface area contributed by atoms with E-state index in [2.05, 4.69) is 10.3 Å². The highest BCUT2D eigenvalue weighted by Gasteiger charge is 2.44. The Balaban J connectivity index is 0.00000147. The van der Waals surface area contributed by atoms with Crippen LogP contribution >= 0.6 is 12.4 Å². The van der Waals surface area contributed by atoms with Crippen LogP contribution in [0.5, 0.6) is 0 Å². The van der Waals surface area contributed by atoms with Crippen molar-refractivity contribution in [2.75, 3.05) is 18.5 Å². The molecule has 8 nitrogen and oxygen atoms in total. The van der Waals surface area contributed by atoms with Gasteiger partial charge in [0.25, 0.3) is 0 Å². The Bertz CT molecular complexity index is 551. The lowest BCUT2D eigenvalue weighted by Crippen LogP contribution is -2.36. The van der Waals surface area contributed by atoms with E-state index < -0.39 is 36.8 Å². The third-order valence-electron chi connectivity index (χ3n) is 3.51. The highest BCUT2D eigenvalue weighted by Crippen LogP contribution is 2.29. The largest absolute Gasteiger partial charge is 0.394 e. The fourth-order valence-corrected chi connectivity index (χ4v) is 2.45. The second-order valence-electron chi connectivity index (χ2n) is 4.71. The van der Waals surface area contributed by atoms with E-state index in [4.69, 9.17) is 9.84 Å². The van der Waals surface area contributed by atoms with Crippen LogP contribution in [0.2, 0.25) is 0 Å². The van der Waals surface area contributed by atoms with Gasteiger partial charge in [-0.25, -0.2) is 4.79 Å². The predicted octanol–water partition coefficient (Wildman–Crippen LogP) is -1.76. The number of anilines is 1. The zero-order chi connectivity index (χ0) is 13.6. The monoisotopic (exact) mass is 305 g/mol. The molecule has 2 aliphatic rings. The van der Waals surface area contributed by atoms with E-state index in [9.17, 15) is 15.0 Å². The predicted molar refractivity (Wildman–Crippen MR) is 70.9 cm³/mol. The molecule has 0 aliphatic carbocycles. The van der Waals surface area contributed by atoms with Crippen molar-refractivity contribution < 1.29 is 20.1 Å². The quantitative estimate of drug-likeness (QED) is 0.511. The first-order valence-electron chi connectivity index (χ1n) is 6.10. The van der Waals surface area contributed by atoms with Gasteiger partial charge in [0.1, 0.15) is 24.1 Å². The maximum absolute atomic E-state index is 11.9. The minimum atomic E-state index is -1.27. The van der Waals surface area contributed by atoms with Crippen LogP contribution in [0.3, 0.4) is 0 Å². The first-order chi connectivity index (χ1) is 9.11. The summed E-state index contributed by atoms with van der Waals surface area (Å²) in [5.41, 5.74) is 0.292. The number of aliphatic hydroxyl groups excluding tert-OH is 3. The molecule has 0 bridgehead atoms. The molecule has 1 fully saturated rings. The summed E-state index contributed by atoms with van der Waals surface area (Å²) >= 11 is 0. The van der Waals surface area contributed by atoms with Crippen LogP contribution in [0.4, 0.5) is 5.82 Å². The van der Waals surface area contributed by atoms with Gasteiger partial charge in [0, 0.05) is 18.3 Å². The molecule has 1 aromatic heterocycles. The van der Waals surface area contributed by atoms with Crippen molar-refractivity contribution in [2.45, 2.75) is 31.0 Å². The molecule has 1 aromatic rings. The molecule has 1 saturated heterocycles. The maximum atomic E-state index is 11.9.